The van der Waals surface area contributed by atoms with Crippen molar-refractivity contribution in [3.63, 3.8) is 0 Å². The normalized spacial score (nSPS) is 18.9. The van der Waals surface area contributed by atoms with Crippen LogP contribution in [0.1, 0.15) is 0 Å². The van der Waals surface area contributed by atoms with E-state index in [0.29, 0.717) is 18.8 Å². The van der Waals surface area contributed by atoms with E-state index in [1.165, 1.54) is 12.1 Å². The van der Waals surface area contributed by atoms with Gasteiger partial charge in [-0.2, -0.15) is 0 Å². The van der Waals surface area contributed by atoms with Crippen LogP contribution in [0, 0.1) is 0 Å². The van der Waals surface area contributed by atoms with Crippen LogP contribution in [0.5, 0.6) is 0 Å². The van der Waals surface area contributed by atoms with Gasteiger partial charge in [-0.05, 0) is 31.3 Å². The van der Waals surface area contributed by atoms with E-state index in [2.05, 4.69) is 9.73 Å². The fourth-order valence-electron chi connectivity index (χ4n) is 1.77. The maximum Gasteiger partial charge on any atom is 0.253 e. The first-order valence-electron chi connectivity index (χ1n) is 5.79. The van der Waals surface area contributed by atoms with Crippen molar-refractivity contribution in [2.45, 2.75) is 4.90 Å². The summed E-state index contributed by atoms with van der Waals surface area (Å²) < 4.78 is 24.2. The van der Waals surface area contributed by atoms with Gasteiger partial charge in [0, 0.05) is 31.9 Å². The Kier molecular flexibility index (Phi) is 3.86. The molecule has 3 N–H and O–H groups in total. The van der Waals surface area contributed by atoms with Crippen LogP contribution in [0.25, 0.3) is 0 Å². The monoisotopic (exact) mass is 270 g/mol. The fraction of sp³-hybridized carbons (Fsp3) is 0.455. The number of hydrazine groups is 1. The summed E-state index contributed by atoms with van der Waals surface area (Å²) in [4.78, 5) is 4.98. The predicted molar refractivity (Wildman–Crippen MR) is 70.2 cm³/mol. The Labute approximate surface area is 107 Å². The van der Waals surface area contributed by atoms with E-state index < -0.39 is 10.0 Å². The predicted octanol–water partition coefficient (Wildman–Crippen LogP) is -0.290. The molecule has 0 aromatic heterocycles. The third kappa shape index (κ3) is 3.20. The van der Waals surface area contributed by atoms with Gasteiger partial charge in [0.25, 0.3) is 10.0 Å². The zero-order valence-electron chi connectivity index (χ0n) is 10.3. The summed E-state index contributed by atoms with van der Waals surface area (Å²) in [5.41, 5.74) is 6.09. The second kappa shape index (κ2) is 5.23. The molecule has 1 aromatic carbocycles. The number of benzene rings is 1. The van der Waals surface area contributed by atoms with Crippen LogP contribution in [0.2, 0.25) is 0 Å². The van der Waals surface area contributed by atoms with Crippen LogP contribution in [0.3, 0.4) is 0 Å². The third-order valence-electron chi connectivity index (χ3n) is 2.94. The number of piperazine rings is 1. The van der Waals surface area contributed by atoms with Crippen LogP contribution in [0.15, 0.2) is 29.2 Å². The Morgan fingerprint density at radius 2 is 1.67 bits per heavy atom. The molecule has 0 aliphatic carbocycles. The summed E-state index contributed by atoms with van der Waals surface area (Å²) in [6.07, 6.45) is 0. The van der Waals surface area contributed by atoms with Crippen LogP contribution in [0.4, 0.5) is 5.69 Å². The van der Waals surface area contributed by atoms with E-state index in [-0.39, 0.29) is 4.90 Å². The zero-order chi connectivity index (χ0) is 13.2. The summed E-state index contributed by atoms with van der Waals surface area (Å²) >= 11 is 0. The van der Waals surface area contributed by atoms with E-state index in [9.17, 15) is 8.42 Å². The SMILES string of the molecule is CN1CCN(NS(=O)(=O)c2ccc(N)cc2)CC1. The maximum atomic E-state index is 12.1. The highest BCUT2D eigenvalue weighted by atomic mass is 32.2. The molecule has 1 aromatic rings. The molecule has 0 spiro atoms. The molecule has 1 aliphatic heterocycles. The molecule has 0 radical (unpaired) electrons. The molecular formula is C11H18N4O2S. The standard InChI is InChI=1S/C11H18N4O2S/c1-14-6-8-15(9-7-14)13-18(16,17)11-4-2-10(12)3-5-11/h2-5,13H,6-9,12H2,1H3. The maximum absolute atomic E-state index is 12.1. The summed E-state index contributed by atoms with van der Waals surface area (Å²) in [7, 11) is -1.47. The average Bonchev–Trinajstić information content (AvgIpc) is 2.32. The summed E-state index contributed by atoms with van der Waals surface area (Å²) in [5, 5.41) is 1.73. The fourth-order valence-corrected chi connectivity index (χ4v) is 2.89. The number of likely N-dealkylation sites (N-methyl/N-ethyl adjacent to an activating group) is 1. The Bertz CT molecular complexity index is 492. The first-order chi connectivity index (χ1) is 8.47. The van der Waals surface area contributed by atoms with E-state index in [0.717, 1.165) is 13.1 Å². The lowest BCUT2D eigenvalue weighted by Gasteiger charge is -2.32. The highest BCUT2D eigenvalue weighted by Gasteiger charge is 2.21. The van der Waals surface area contributed by atoms with Gasteiger partial charge < -0.3 is 10.6 Å². The molecule has 1 fully saturated rings. The van der Waals surface area contributed by atoms with E-state index in [4.69, 9.17) is 5.73 Å². The number of hydrogen-bond donors (Lipinski definition) is 2. The molecule has 0 amide bonds. The Balaban J connectivity index is 2.05. The number of hydrogen-bond acceptors (Lipinski definition) is 5. The van der Waals surface area contributed by atoms with Gasteiger partial charge in [-0.1, -0.05) is 0 Å². The van der Waals surface area contributed by atoms with Crippen LogP contribution < -0.4 is 10.6 Å². The van der Waals surface area contributed by atoms with Crippen LogP contribution in [-0.2, 0) is 10.0 Å². The Hall–Kier alpha value is -1.15. The van der Waals surface area contributed by atoms with E-state index >= 15 is 0 Å². The van der Waals surface area contributed by atoms with Gasteiger partial charge in [0.1, 0.15) is 0 Å². The van der Waals surface area contributed by atoms with Crippen LogP contribution in [-0.4, -0.2) is 51.6 Å². The topological polar surface area (TPSA) is 78.7 Å². The molecule has 1 heterocycles. The lowest BCUT2D eigenvalue weighted by molar-refractivity contribution is 0.135. The number of nitrogens with one attached hydrogen (secondary N) is 1. The van der Waals surface area contributed by atoms with Crippen molar-refractivity contribution >= 4 is 15.7 Å². The van der Waals surface area contributed by atoms with Crippen molar-refractivity contribution in [1.82, 2.24) is 14.7 Å². The van der Waals surface area contributed by atoms with Gasteiger partial charge in [-0.15, -0.1) is 4.83 Å². The smallest absolute Gasteiger partial charge is 0.253 e. The van der Waals surface area contributed by atoms with Crippen molar-refractivity contribution in [2.75, 3.05) is 39.0 Å². The molecule has 7 heteroatoms. The van der Waals surface area contributed by atoms with Crippen molar-refractivity contribution in [3.8, 4) is 0 Å². The quantitative estimate of drug-likeness (QED) is 0.738. The van der Waals surface area contributed by atoms with Crippen molar-refractivity contribution in [1.29, 1.82) is 0 Å². The zero-order valence-corrected chi connectivity index (χ0v) is 11.2. The number of nitrogens with zero attached hydrogens (tertiary/aromatic N) is 2. The van der Waals surface area contributed by atoms with Crippen molar-refractivity contribution in [2.24, 2.45) is 0 Å². The summed E-state index contributed by atoms with van der Waals surface area (Å²) in [5.74, 6) is 0. The van der Waals surface area contributed by atoms with E-state index in [1.54, 1.807) is 17.1 Å². The number of anilines is 1. The lowest BCUT2D eigenvalue weighted by atomic mass is 10.3. The van der Waals surface area contributed by atoms with E-state index in [1.807, 2.05) is 7.05 Å². The van der Waals surface area contributed by atoms with Gasteiger partial charge >= 0.3 is 0 Å². The molecule has 1 aliphatic rings. The minimum absolute atomic E-state index is 0.232. The minimum Gasteiger partial charge on any atom is -0.399 e. The highest BCUT2D eigenvalue weighted by molar-refractivity contribution is 7.89. The summed E-state index contributed by atoms with van der Waals surface area (Å²) in [6, 6.07) is 6.18. The molecule has 100 valence electrons. The van der Waals surface area contributed by atoms with Crippen molar-refractivity contribution in [3.05, 3.63) is 24.3 Å². The number of sulfonamides is 1. The molecule has 0 unspecified atom stereocenters. The number of nitrogen functional groups attached to an aromatic ring is 1. The highest BCUT2D eigenvalue weighted by Crippen LogP contribution is 2.12. The number of rotatable bonds is 3. The van der Waals surface area contributed by atoms with Crippen LogP contribution >= 0.6 is 0 Å². The molecular weight excluding hydrogens is 252 g/mol. The molecule has 2 rings (SSSR count). The first-order valence-corrected chi connectivity index (χ1v) is 7.27. The van der Waals surface area contributed by atoms with Gasteiger partial charge in [-0.3, -0.25) is 0 Å². The average molecular weight is 270 g/mol. The van der Waals surface area contributed by atoms with Crippen molar-refractivity contribution < 1.29 is 8.42 Å². The van der Waals surface area contributed by atoms with Gasteiger partial charge in [0.15, 0.2) is 0 Å². The molecule has 0 atom stereocenters. The molecule has 0 saturated carbocycles. The third-order valence-corrected chi connectivity index (χ3v) is 4.33. The summed E-state index contributed by atoms with van der Waals surface area (Å²) in [6.45, 7) is 3.07. The van der Waals surface area contributed by atoms with Gasteiger partial charge in [0.2, 0.25) is 0 Å². The molecule has 1 saturated heterocycles. The lowest BCUT2D eigenvalue weighted by Crippen LogP contribution is -2.52. The Morgan fingerprint density at radius 3 is 2.22 bits per heavy atom. The first kappa shape index (κ1) is 13.3. The largest absolute Gasteiger partial charge is 0.399 e. The Morgan fingerprint density at radius 1 is 1.11 bits per heavy atom. The van der Waals surface area contributed by atoms with Gasteiger partial charge in [0.05, 0.1) is 4.90 Å². The second-order valence-corrected chi connectivity index (χ2v) is 6.11. The molecule has 18 heavy (non-hydrogen) atoms. The second-order valence-electron chi connectivity index (χ2n) is 4.45. The molecule has 6 nitrogen and oxygen atoms in total. The molecule has 0 bridgehead atoms. The minimum atomic E-state index is -3.49. The number of nitrogens with two attached hydrogens (primary N) is 1. The van der Waals surface area contributed by atoms with Gasteiger partial charge in [-0.25, -0.2) is 13.4 Å².